The van der Waals surface area contributed by atoms with E-state index >= 15 is 0 Å². The first-order valence-corrected chi connectivity index (χ1v) is 5.92. The molecular formula is C15H14O5. The number of carbonyl (C=O) groups excluding carboxylic acids is 1. The lowest BCUT2D eigenvalue weighted by atomic mass is 9.85. The van der Waals surface area contributed by atoms with Gasteiger partial charge in [-0.15, -0.1) is 0 Å². The number of carbonyl (C=O) groups is 1. The van der Waals surface area contributed by atoms with Crippen molar-refractivity contribution in [2.24, 2.45) is 0 Å². The molecule has 2 atom stereocenters. The first kappa shape index (κ1) is 14.0. The van der Waals surface area contributed by atoms with Gasteiger partial charge in [0.2, 0.25) is 0 Å². The molecule has 5 heteroatoms. The van der Waals surface area contributed by atoms with Crippen LogP contribution in [0.5, 0.6) is 11.5 Å². The highest BCUT2D eigenvalue weighted by Crippen LogP contribution is 2.34. The molecule has 0 amide bonds. The van der Waals surface area contributed by atoms with Gasteiger partial charge in [-0.25, -0.2) is 0 Å². The van der Waals surface area contributed by atoms with E-state index in [1.807, 2.05) is 0 Å². The summed E-state index contributed by atoms with van der Waals surface area (Å²) in [5.41, 5.74) is -1.69. The summed E-state index contributed by atoms with van der Waals surface area (Å²) in [7, 11) is 0. The summed E-state index contributed by atoms with van der Waals surface area (Å²) in [5, 5.41) is 39.1. The number of phenolic OH excluding ortho intramolecular Hbond substituents is 2. The second kappa shape index (κ2) is 5.32. The number of benzene rings is 2. The summed E-state index contributed by atoms with van der Waals surface area (Å²) < 4.78 is 0. The Bertz CT molecular complexity index is 591. The van der Waals surface area contributed by atoms with Gasteiger partial charge in [-0.1, -0.05) is 24.3 Å². The highest BCUT2D eigenvalue weighted by atomic mass is 16.3. The molecule has 0 fully saturated rings. The maximum atomic E-state index is 11.3. The highest BCUT2D eigenvalue weighted by molar-refractivity contribution is 5.67. The van der Waals surface area contributed by atoms with Crippen molar-refractivity contribution in [3.8, 4) is 11.5 Å². The molecular weight excluding hydrogens is 260 g/mol. The summed E-state index contributed by atoms with van der Waals surface area (Å²) in [6.45, 7) is 0. The van der Waals surface area contributed by atoms with E-state index in [9.17, 15) is 25.2 Å². The van der Waals surface area contributed by atoms with Crippen LogP contribution in [0.1, 0.15) is 17.2 Å². The van der Waals surface area contributed by atoms with E-state index in [0.717, 1.165) is 0 Å². The molecule has 104 valence electrons. The first-order chi connectivity index (χ1) is 9.47. The van der Waals surface area contributed by atoms with Crippen molar-refractivity contribution in [3.63, 3.8) is 0 Å². The molecule has 2 aromatic rings. The number of aliphatic hydroxyl groups is 2. The summed E-state index contributed by atoms with van der Waals surface area (Å²) in [6.07, 6.45) is -1.25. The van der Waals surface area contributed by atoms with Gasteiger partial charge in [-0.2, -0.15) is 0 Å². The fraction of sp³-hybridized carbons (Fsp3) is 0.133. The van der Waals surface area contributed by atoms with E-state index < -0.39 is 11.7 Å². The van der Waals surface area contributed by atoms with E-state index in [1.165, 1.54) is 48.5 Å². The third kappa shape index (κ3) is 2.49. The largest absolute Gasteiger partial charge is 0.508 e. The minimum Gasteiger partial charge on any atom is -0.508 e. The lowest BCUT2D eigenvalue weighted by molar-refractivity contribution is -0.139. The second-order valence-electron chi connectivity index (χ2n) is 4.48. The lowest BCUT2D eigenvalue weighted by Crippen LogP contribution is -2.35. The molecule has 5 nitrogen and oxygen atoms in total. The van der Waals surface area contributed by atoms with E-state index in [-0.39, 0.29) is 28.9 Å². The number of aldehydes is 1. The number of hydrogen-bond donors (Lipinski definition) is 4. The normalized spacial score (nSPS) is 15.3. The fourth-order valence-corrected chi connectivity index (χ4v) is 1.93. The van der Waals surface area contributed by atoms with Gasteiger partial charge in [0.25, 0.3) is 0 Å². The zero-order valence-electron chi connectivity index (χ0n) is 10.5. The Hall–Kier alpha value is -2.37. The highest BCUT2D eigenvalue weighted by Gasteiger charge is 2.38. The van der Waals surface area contributed by atoms with Gasteiger partial charge < -0.3 is 20.4 Å². The second-order valence-corrected chi connectivity index (χ2v) is 4.48. The average molecular weight is 274 g/mol. The molecule has 4 N–H and O–H groups in total. The number of aromatic hydroxyl groups is 2. The molecule has 0 aliphatic carbocycles. The average Bonchev–Trinajstić information content (AvgIpc) is 2.47. The van der Waals surface area contributed by atoms with E-state index in [1.54, 1.807) is 0 Å². The minimum absolute atomic E-state index is 0.0128. The van der Waals surface area contributed by atoms with Gasteiger partial charge in [0, 0.05) is 0 Å². The minimum atomic E-state index is -2.13. The Kier molecular flexibility index (Phi) is 3.74. The van der Waals surface area contributed by atoms with Gasteiger partial charge in [0.15, 0.2) is 11.9 Å². The topological polar surface area (TPSA) is 98.0 Å². The van der Waals surface area contributed by atoms with Crippen LogP contribution >= 0.6 is 0 Å². The standard InChI is InChI=1S/C15H14O5/c16-9-15(20,11-3-7-13(18)8-4-11)14(19)10-1-5-12(17)6-2-10/h1-9,14,17-20H. The Morgan fingerprint density at radius 2 is 1.35 bits per heavy atom. The van der Waals surface area contributed by atoms with Crippen molar-refractivity contribution in [1.29, 1.82) is 0 Å². The predicted molar refractivity (Wildman–Crippen MR) is 71.1 cm³/mol. The van der Waals surface area contributed by atoms with Gasteiger partial charge in [0.1, 0.15) is 17.6 Å². The molecule has 0 radical (unpaired) electrons. The maximum absolute atomic E-state index is 11.3. The number of aliphatic hydroxyl groups excluding tert-OH is 1. The van der Waals surface area contributed by atoms with Crippen LogP contribution in [0.2, 0.25) is 0 Å². The molecule has 0 heterocycles. The molecule has 0 saturated carbocycles. The van der Waals surface area contributed by atoms with Crippen molar-refractivity contribution in [1.82, 2.24) is 0 Å². The molecule has 0 aromatic heterocycles. The smallest absolute Gasteiger partial charge is 0.175 e. The van der Waals surface area contributed by atoms with Crippen LogP contribution < -0.4 is 0 Å². The first-order valence-electron chi connectivity index (χ1n) is 5.92. The molecule has 0 bridgehead atoms. The molecule has 0 spiro atoms. The van der Waals surface area contributed by atoms with Crippen LogP contribution in [0.4, 0.5) is 0 Å². The fourth-order valence-electron chi connectivity index (χ4n) is 1.93. The Labute approximate surface area is 115 Å². The molecule has 2 unspecified atom stereocenters. The lowest BCUT2D eigenvalue weighted by Gasteiger charge is -2.28. The summed E-state index contributed by atoms with van der Waals surface area (Å²) in [4.78, 5) is 11.3. The van der Waals surface area contributed by atoms with Gasteiger partial charge >= 0.3 is 0 Å². The monoisotopic (exact) mass is 274 g/mol. The number of rotatable bonds is 4. The number of hydrogen-bond acceptors (Lipinski definition) is 5. The quantitative estimate of drug-likeness (QED) is 0.628. The van der Waals surface area contributed by atoms with Crippen molar-refractivity contribution in [2.75, 3.05) is 0 Å². The van der Waals surface area contributed by atoms with Crippen LogP contribution in [0.15, 0.2) is 48.5 Å². The van der Waals surface area contributed by atoms with E-state index in [0.29, 0.717) is 0 Å². The van der Waals surface area contributed by atoms with Crippen molar-refractivity contribution < 1.29 is 25.2 Å². The number of phenols is 2. The van der Waals surface area contributed by atoms with Crippen molar-refractivity contribution in [2.45, 2.75) is 11.7 Å². The van der Waals surface area contributed by atoms with Crippen LogP contribution in [-0.2, 0) is 10.4 Å². The molecule has 0 aliphatic heterocycles. The summed E-state index contributed by atoms with van der Waals surface area (Å²) >= 11 is 0. The zero-order chi connectivity index (χ0) is 14.8. The summed E-state index contributed by atoms with van der Waals surface area (Å²) in [5.74, 6) is 0.00125. The molecule has 20 heavy (non-hydrogen) atoms. The van der Waals surface area contributed by atoms with E-state index in [2.05, 4.69) is 0 Å². The summed E-state index contributed by atoms with van der Waals surface area (Å²) in [6, 6.07) is 10.9. The Morgan fingerprint density at radius 3 is 1.80 bits per heavy atom. The molecule has 0 saturated heterocycles. The SMILES string of the molecule is O=CC(O)(c1ccc(O)cc1)C(O)c1ccc(O)cc1. The molecule has 0 aliphatic rings. The maximum Gasteiger partial charge on any atom is 0.175 e. The third-order valence-electron chi connectivity index (χ3n) is 3.14. The zero-order valence-corrected chi connectivity index (χ0v) is 10.5. The van der Waals surface area contributed by atoms with Crippen LogP contribution in [0, 0.1) is 0 Å². The van der Waals surface area contributed by atoms with Crippen LogP contribution in [-0.4, -0.2) is 26.7 Å². The van der Waals surface area contributed by atoms with Crippen molar-refractivity contribution >= 4 is 6.29 Å². The van der Waals surface area contributed by atoms with Crippen LogP contribution in [0.3, 0.4) is 0 Å². The van der Waals surface area contributed by atoms with Gasteiger partial charge in [0.05, 0.1) is 0 Å². The van der Waals surface area contributed by atoms with E-state index in [4.69, 9.17) is 0 Å². The molecule has 2 rings (SSSR count). The third-order valence-corrected chi connectivity index (χ3v) is 3.14. The van der Waals surface area contributed by atoms with Crippen LogP contribution in [0.25, 0.3) is 0 Å². The van der Waals surface area contributed by atoms with Gasteiger partial charge in [-0.3, -0.25) is 4.79 Å². The molecule has 2 aromatic carbocycles. The van der Waals surface area contributed by atoms with Crippen molar-refractivity contribution in [3.05, 3.63) is 59.7 Å². The predicted octanol–water partition coefficient (Wildman–Crippen LogP) is 1.22. The van der Waals surface area contributed by atoms with Gasteiger partial charge in [-0.05, 0) is 35.4 Å². The Morgan fingerprint density at radius 1 is 0.900 bits per heavy atom. The Balaban J connectivity index is 2.41.